The van der Waals surface area contributed by atoms with Crippen molar-refractivity contribution in [2.24, 2.45) is 11.7 Å². The summed E-state index contributed by atoms with van der Waals surface area (Å²) < 4.78 is 0. The van der Waals surface area contributed by atoms with Gasteiger partial charge in [0.2, 0.25) is 5.91 Å². The smallest absolute Gasteiger partial charge is 0.251 e. The van der Waals surface area contributed by atoms with Crippen molar-refractivity contribution in [1.29, 1.82) is 0 Å². The first-order valence-electron chi connectivity index (χ1n) is 7.36. The maximum Gasteiger partial charge on any atom is 0.251 e. The molecule has 1 aromatic rings. The van der Waals surface area contributed by atoms with Gasteiger partial charge in [0.05, 0.1) is 6.04 Å². The first-order valence-corrected chi connectivity index (χ1v) is 7.36. The molecule has 2 amide bonds. The molecule has 0 bridgehead atoms. The van der Waals surface area contributed by atoms with E-state index in [1.165, 1.54) is 0 Å². The predicted molar refractivity (Wildman–Crippen MR) is 83.7 cm³/mol. The molecule has 1 aromatic carbocycles. The zero-order valence-electron chi connectivity index (χ0n) is 13.0. The van der Waals surface area contributed by atoms with Crippen LogP contribution in [0.5, 0.6) is 0 Å². The van der Waals surface area contributed by atoms with E-state index in [4.69, 9.17) is 5.73 Å². The minimum Gasteiger partial charge on any atom is -0.352 e. The minimum absolute atomic E-state index is 0.0936. The van der Waals surface area contributed by atoms with E-state index in [1.807, 2.05) is 32.9 Å². The molecule has 5 nitrogen and oxygen atoms in total. The maximum absolute atomic E-state index is 11.9. The first kappa shape index (κ1) is 17.2. The third kappa shape index (κ3) is 5.55. The van der Waals surface area contributed by atoms with Crippen molar-refractivity contribution >= 4 is 11.8 Å². The van der Waals surface area contributed by atoms with Crippen molar-refractivity contribution in [2.45, 2.75) is 39.8 Å². The fourth-order valence-electron chi connectivity index (χ4n) is 1.77. The lowest BCUT2D eigenvalue weighted by molar-refractivity contribution is -0.123. The number of carbonyl (C=O) groups excluding carboxylic acids is 2. The Kier molecular flexibility index (Phi) is 6.88. The summed E-state index contributed by atoms with van der Waals surface area (Å²) in [6, 6.07) is 6.71. The molecule has 0 aliphatic carbocycles. The Labute approximate surface area is 126 Å². The molecule has 0 unspecified atom stereocenters. The molecule has 21 heavy (non-hydrogen) atoms. The van der Waals surface area contributed by atoms with Crippen LogP contribution < -0.4 is 16.4 Å². The van der Waals surface area contributed by atoms with Crippen LogP contribution in [0.4, 0.5) is 0 Å². The number of benzene rings is 1. The van der Waals surface area contributed by atoms with Crippen LogP contribution in [-0.4, -0.2) is 24.4 Å². The average Bonchev–Trinajstić information content (AvgIpc) is 2.49. The van der Waals surface area contributed by atoms with Crippen molar-refractivity contribution in [3.05, 3.63) is 35.4 Å². The zero-order valence-corrected chi connectivity index (χ0v) is 13.0. The second-order valence-electron chi connectivity index (χ2n) is 5.44. The van der Waals surface area contributed by atoms with Gasteiger partial charge in [-0.05, 0) is 30.0 Å². The van der Waals surface area contributed by atoms with Gasteiger partial charge in [0.1, 0.15) is 0 Å². The van der Waals surface area contributed by atoms with Crippen LogP contribution in [0, 0.1) is 5.92 Å². The molecule has 0 saturated heterocycles. The van der Waals surface area contributed by atoms with Gasteiger partial charge in [0.25, 0.3) is 5.91 Å². The van der Waals surface area contributed by atoms with Crippen LogP contribution >= 0.6 is 0 Å². The van der Waals surface area contributed by atoms with Gasteiger partial charge in [-0.3, -0.25) is 9.59 Å². The molecular weight excluding hydrogens is 266 g/mol. The molecule has 1 atom stereocenters. The number of amides is 2. The first-order chi connectivity index (χ1) is 9.95. The van der Waals surface area contributed by atoms with E-state index in [-0.39, 0.29) is 17.7 Å². The molecule has 0 aliphatic heterocycles. The summed E-state index contributed by atoms with van der Waals surface area (Å²) in [5, 5.41) is 5.62. The molecular formula is C16H25N3O2. The number of carbonyl (C=O) groups is 2. The highest BCUT2D eigenvalue weighted by atomic mass is 16.2. The average molecular weight is 291 g/mol. The molecule has 0 heterocycles. The van der Waals surface area contributed by atoms with Gasteiger partial charge >= 0.3 is 0 Å². The van der Waals surface area contributed by atoms with Crippen LogP contribution in [-0.2, 0) is 11.3 Å². The van der Waals surface area contributed by atoms with Crippen LogP contribution in [0.1, 0.15) is 43.1 Å². The highest BCUT2D eigenvalue weighted by molar-refractivity contribution is 5.94. The van der Waals surface area contributed by atoms with Crippen LogP contribution in [0.25, 0.3) is 0 Å². The number of hydrogen-bond acceptors (Lipinski definition) is 3. The van der Waals surface area contributed by atoms with E-state index in [0.717, 1.165) is 12.0 Å². The molecule has 0 fully saturated rings. The highest BCUT2D eigenvalue weighted by Crippen LogP contribution is 2.06. The van der Waals surface area contributed by atoms with E-state index in [1.54, 1.807) is 12.1 Å². The summed E-state index contributed by atoms with van der Waals surface area (Å²) in [6.45, 7) is 6.84. The molecule has 0 saturated carbocycles. The van der Waals surface area contributed by atoms with Crippen molar-refractivity contribution in [3.8, 4) is 0 Å². The summed E-state index contributed by atoms with van der Waals surface area (Å²) in [5.41, 5.74) is 7.26. The van der Waals surface area contributed by atoms with Crippen molar-refractivity contribution < 1.29 is 9.59 Å². The summed E-state index contributed by atoms with van der Waals surface area (Å²) in [6.07, 6.45) is 0.897. The SMILES string of the molecule is CCCNC(=O)c1cccc(CNC(=O)[C@@H](N)C(C)C)c1. The topological polar surface area (TPSA) is 84.2 Å². The molecule has 4 N–H and O–H groups in total. The molecule has 5 heteroatoms. The van der Waals surface area contributed by atoms with Gasteiger partial charge in [0, 0.05) is 18.7 Å². The second kappa shape index (κ2) is 8.42. The number of nitrogens with two attached hydrogens (primary N) is 1. The quantitative estimate of drug-likeness (QED) is 0.710. The van der Waals surface area contributed by atoms with Crippen LogP contribution in [0.2, 0.25) is 0 Å². The van der Waals surface area contributed by atoms with Gasteiger partial charge in [-0.1, -0.05) is 32.9 Å². The lowest BCUT2D eigenvalue weighted by atomic mass is 10.0. The molecule has 116 valence electrons. The Morgan fingerprint density at radius 2 is 1.95 bits per heavy atom. The van der Waals surface area contributed by atoms with Gasteiger partial charge in [-0.25, -0.2) is 0 Å². The standard InChI is InChI=1S/C16H25N3O2/c1-4-8-18-15(20)13-7-5-6-12(9-13)10-19-16(21)14(17)11(2)3/h5-7,9,11,14H,4,8,10,17H2,1-3H3,(H,18,20)(H,19,21)/t14-/m0/s1. The Balaban J connectivity index is 2.61. The highest BCUT2D eigenvalue weighted by Gasteiger charge is 2.16. The van der Waals surface area contributed by atoms with E-state index in [0.29, 0.717) is 18.7 Å². The Bertz CT molecular complexity index is 486. The number of nitrogens with one attached hydrogen (secondary N) is 2. The van der Waals surface area contributed by atoms with Crippen molar-refractivity contribution in [1.82, 2.24) is 10.6 Å². The van der Waals surface area contributed by atoms with Crippen LogP contribution in [0.15, 0.2) is 24.3 Å². The van der Waals surface area contributed by atoms with E-state index >= 15 is 0 Å². The van der Waals surface area contributed by atoms with Gasteiger partial charge in [-0.15, -0.1) is 0 Å². The van der Waals surface area contributed by atoms with E-state index in [9.17, 15) is 9.59 Å². The molecule has 0 spiro atoms. The summed E-state index contributed by atoms with van der Waals surface area (Å²) in [5.74, 6) is -0.175. The zero-order chi connectivity index (χ0) is 15.8. The predicted octanol–water partition coefficient (Wildman–Crippen LogP) is 1.43. The monoisotopic (exact) mass is 291 g/mol. The summed E-state index contributed by atoms with van der Waals surface area (Å²) >= 11 is 0. The Morgan fingerprint density at radius 1 is 1.24 bits per heavy atom. The normalized spacial score (nSPS) is 12.0. The van der Waals surface area contributed by atoms with Crippen molar-refractivity contribution in [2.75, 3.05) is 6.54 Å². The van der Waals surface area contributed by atoms with Crippen molar-refractivity contribution in [3.63, 3.8) is 0 Å². The third-order valence-corrected chi connectivity index (χ3v) is 3.21. The molecule has 0 aromatic heterocycles. The van der Waals surface area contributed by atoms with Gasteiger partial charge in [-0.2, -0.15) is 0 Å². The summed E-state index contributed by atoms with van der Waals surface area (Å²) in [7, 11) is 0. The lowest BCUT2D eigenvalue weighted by Gasteiger charge is -2.15. The third-order valence-electron chi connectivity index (χ3n) is 3.21. The molecule has 0 radical (unpaired) electrons. The lowest BCUT2D eigenvalue weighted by Crippen LogP contribution is -2.43. The minimum atomic E-state index is -0.513. The van der Waals surface area contributed by atoms with E-state index in [2.05, 4.69) is 10.6 Å². The largest absolute Gasteiger partial charge is 0.352 e. The fourth-order valence-corrected chi connectivity index (χ4v) is 1.77. The number of rotatable bonds is 7. The van der Waals surface area contributed by atoms with Gasteiger partial charge in [0.15, 0.2) is 0 Å². The summed E-state index contributed by atoms with van der Waals surface area (Å²) in [4.78, 5) is 23.7. The second-order valence-corrected chi connectivity index (χ2v) is 5.44. The fraction of sp³-hybridized carbons (Fsp3) is 0.500. The number of hydrogen-bond donors (Lipinski definition) is 3. The molecule has 0 aliphatic rings. The maximum atomic E-state index is 11.9. The Hall–Kier alpha value is -1.88. The van der Waals surface area contributed by atoms with Gasteiger partial charge < -0.3 is 16.4 Å². The molecule has 1 rings (SSSR count). The Morgan fingerprint density at radius 3 is 2.57 bits per heavy atom. The van der Waals surface area contributed by atoms with E-state index < -0.39 is 6.04 Å². The van der Waals surface area contributed by atoms with Crippen LogP contribution in [0.3, 0.4) is 0 Å².